The van der Waals surface area contributed by atoms with E-state index in [1.54, 1.807) is 24.6 Å². The third kappa shape index (κ3) is 2.19. The van der Waals surface area contributed by atoms with E-state index in [1.807, 2.05) is 6.07 Å². The number of hydrogen-bond donors (Lipinski definition) is 1. The van der Waals surface area contributed by atoms with Crippen LogP contribution < -0.4 is 15.4 Å². The van der Waals surface area contributed by atoms with Gasteiger partial charge < -0.3 is 20.1 Å². The van der Waals surface area contributed by atoms with Gasteiger partial charge in [0, 0.05) is 18.0 Å². The zero-order valence-electron chi connectivity index (χ0n) is 12.1. The van der Waals surface area contributed by atoms with Gasteiger partial charge in [0.1, 0.15) is 16.3 Å². The van der Waals surface area contributed by atoms with Gasteiger partial charge in [0.25, 0.3) is 5.91 Å². The van der Waals surface area contributed by atoms with Crippen molar-refractivity contribution in [3.8, 4) is 16.9 Å². The fourth-order valence-corrected chi connectivity index (χ4v) is 3.15. The van der Waals surface area contributed by atoms with E-state index in [2.05, 4.69) is 0 Å². The molecule has 1 aliphatic heterocycles. The first-order valence-corrected chi connectivity index (χ1v) is 7.40. The van der Waals surface area contributed by atoms with Crippen LogP contribution in [0.4, 0.5) is 10.7 Å². The molecule has 7 heteroatoms. The van der Waals surface area contributed by atoms with Gasteiger partial charge in [-0.15, -0.1) is 11.3 Å². The molecule has 0 saturated carbocycles. The highest BCUT2D eigenvalue weighted by Gasteiger charge is 2.24. The Labute approximate surface area is 131 Å². The molecule has 3 rings (SSSR count). The average Bonchev–Trinajstić information content (AvgIpc) is 2.91. The van der Waals surface area contributed by atoms with Crippen molar-refractivity contribution in [2.24, 2.45) is 0 Å². The highest BCUT2D eigenvalue weighted by atomic mass is 32.1. The number of esters is 1. The maximum atomic E-state index is 11.9. The lowest BCUT2D eigenvalue weighted by atomic mass is 10.0. The molecule has 0 unspecified atom stereocenters. The number of rotatable bonds is 2. The maximum Gasteiger partial charge on any atom is 0.341 e. The van der Waals surface area contributed by atoms with Gasteiger partial charge in [-0.2, -0.15) is 0 Å². The van der Waals surface area contributed by atoms with Crippen LogP contribution in [0.2, 0.25) is 0 Å². The first-order chi connectivity index (χ1) is 10.5. The van der Waals surface area contributed by atoms with Gasteiger partial charge in [-0.3, -0.25) is 4.79 Å². The average molecular weight is 318 g/mol. The lowest BCUT2D eigenvalue weighted by Crippen LogP contribution is -2.35. The zero-order chi connectivity index (χ0) is 15.9. The molecular formula is C15H14N2O4S. The number of anilines is 2. The summed E-state index contributed by atoms with van der Waals surface area (Å²) < 4.78 is 10.2. The summed E-state index contributed by atoms with van der Waals surface area (Å²) in [5, 5.41) is 2.20. The second-order valence-electron chi connectivity index (χ2n) is 4.80. The molecule has 2 heterocycles. The van der Waals surface area contributed by atoms with Crippen LogP contribution in [-0.4, -0.2) is 32.6 Å². The summed E-state index contributed by atoms with van der Waals surface area (Å²) in [7, 11) is 3.01. The number of carbonyl (C=O) groups excluding carboxylic acids is 2. The van der Waals surface area contributed by atoms with Gasteiger partial charge in [0.15, 0.2) is 6.61 Å². The number of nitrogens with two attached hydrogens (primary N) is 1. The third-order valence-electron chi connectivity index (χ3n) is 3.57. The van der Waals surface area contributed by atoms with Gasteiger partial charge in [0.05, 0.1) is 12.8 Å². The second kappa shape index (κ2) is 5.34. The number of nitrogens with zero attached hydrogens (tertiary/aromatic N) is 1. The van der Waals surface area contributed by atoms with Crippen molar-refractivity contribution in [2.45, 2.75) is 0 Å². The molecule has 1 aromatic carbocycles. The largest absolute Gasteiger partial charge is 0.482 e. The molecule has 2 aromatic rings. The Hall–Kier alpha value is -2.54. The van der Waals surface area contributed by atoms with E-state index >= 15 is 0 Å². The Bertz CT molecular complexity index is 769. The predicted molar refractivity (Wildman–Crippen MR) is 84.4 cm³/mol. The Morgan fingerprint density at radius 1 is 1.45 bits per heavy atom. The minimum Gasteiger partial charge on any atom is -0.482 e. The SMILES string of the molecule is COC(=O)c1c(-c2ccc3c(c2)N(C)C(=O)CO3)csc1N. The second-order valence-corrected chi connectivity index (χ2v) is 5.72. The Morgan fingerprint density at radius 3 is 2.95 bits per heavy atom. The summed E-state index contributed by atoms with van der Waals surface area (Å²) in [5.74, 6) is 0.0310. The highest BCUT2D eigenvalue weighted by Crippen LogP contribution is 2.39. The summed E-state index contributed by atoms with van der Waals surface area (Å²) in [6.45, 7) is 0.0294. The molecule has 0 aliphatic carbocycles. The van der Waals surface area contributed by atoms with E-state index in [0.29, 0.717) is 27.6 Å². The number of hydrogen-bond acceptors (Lipinski definition) is 6. The minimum atomic E-state index is -0.479. The first kappa shape index (κ1) is 14.4. The smallest absolute Gasteiger partial charge is 0.341 e. The van der Waals surface area contributed by atoms with Crippen LogP contribution in [0, 0.1) is 0 Å². The molecule has 0 spiro atoms. The van der Waals surface area contributed by atoms with Crippen molar-refractivity contribution in [1.82, 2.24) is 0 Å². The molecule has 0 saturated heterocycles. The van der Waals surface area contributed by atoms with Crippen LogP contribution in [-0.2, 0) is 9.53 Å². The van der Waals surface area contributed by atoms with Crippen LogP contribution in [0.1, 0.15) is 10.4 Å². The molecule has 0 radical (unpaired) electrons. The number of thiophene rings is 1. The van der Waals surface area contributed by atoms with Gasteiger partial charge in [-0.1, -0.05) is 6.07 Å². The summed E-state index contributed by atoms with van der Waals surface area (Å²) >= 11 is 1.27. The van der Waals surface area contributed by atoms with Crippen LogP contribution >= 0.6 is 11.3 Å². The quantitative estimate of drug-likeness (QED) is 0.858. The molecule has 0 fully saturated rings. The third-order valence-corrected chi connectivity index (χ3v) is 4.38. The van der Waals surface area contributed by atoms with Crippen molar-refractivity contribution in [1.29, 1.82) is 0 Å². The maximum absolute atomic E-state index is 11.9. The van der Waals surface area contributed by atoms with Crippen molar-refractivity contribution in [3.63, 3.8) is 0 Å². The monoisotopic (exact) mass is 318 g/mol. The highest BCUT2D eigenvalue weighted by molar-refractivity contribution is 7.14. The van der Waals surface area contributed by atoms with Crippen LogP contribution in [0.25, 0.3) is 11.1 Å². The number of benzene rings is 1. The van der Waals surface area contributed by atoms with Crippen molar-refractivity contribution >= 4 is 33.9 Å². The standard InChI is InChI=1S/C15H14N2O4S/c1-17-10-5-8(3-4-11(10)21-6-12(17)18)9-7-22-14(16)13(9)15(19)20-2/h3-5,7H,6,16H2,1-2H3. The zero-order valence-corrected chi connectivity index (χ0v) is 12.9. The van der Waals surface area contributed by atoms with Crippen LogP contribution in [0.15, 0.2) is 23.6 Å². The number of ether oxygens (including phenoxy) is 2. The lowest BCUT2D eigenvalue weighted by Gasteiger charge is -2.26. The topological polar surface area (TPSA) is 81.9 Å². The fourth-order valence-electron chi connectivity index (χ4n) is 2.34. The Kier molecular flexibility index (Phi) is 3.50. The van der Waals surface area contributed by atoms with E-state index < -0.39 is 5.97 Å². The van der Waals surface area contributed by atoms with E-state index in [-0.39, 0.29) is 12.5 Å². The fraction of sp³-hybridized carbons (Fsp3) is 0.200. The first-order valence-electron chi connectivity index (χ1n) is 6.52. The molecule has 1 aliphatic rings. The number of nitrogen functional groups attached to an aromatic ring is 1. The number of methoxy groups -OCH3 is 1. The number of amides is 1. The van der Waals surface area contributed by atoms with E-state index in [1.165, 1.54) is 23.3 Å². The van der Waals surface area contributed by atoms with Gasteiger partial charge in [0.2, 0.25) is 0 Å². The molecule has 1 aromatic heterocycles. The van der Waals surface area contributed by atoms with Crippen LogP contribution in [0.5, 0.6) is 5.75 Å². The summed E-state index contributed by atoms with van der Waals surface area (Å²) in [6, 6.07) is 5.42. The molecule has 0 bridgehead atoms. The predicted octanol–water partition coefficient (Wildman–Crippen LogP) is 2.14. The molecule has 1 amide bonds. The summed E-state index contributed by atoms with van der Waals surface area (Å²) in [4.78, 5) is 25.2. The van der Waals surface area contributed by atoms with E-state index in [4.69, 9.17) is 15.2 Å². The van der Waals surface area contributed by atoms with Crippen molar-refractivity contribution in [3.05, 3.63) is 29.1 Å². The minimum absolute atomic E-state index is 0.0294. The number of likely N-dealkylation sites (N-methyl/N-ethyl adjacent to an activating group) is 1. The van der Waals surface area contributed by atoms with Crippen molar-refractivity contribution < 1.29 is 19.1 Å². The van der Waals surface area contributed by atoms with E-state index in [0.717, 1.165) is 5.56 Å². The van der Waals surface area contributed by atoms with Crippen LogP contribution in [0.3, 0.4) is 0 Å². The molecule has 0 atom stereocenters. The van der Waals surface area contributed by atoms with Gasteiger partial charge >= 0.3 is 5.97 Å². The molecule has 2 N–H and O–H groups in total. The van der Waals surface area contributed by atoms with Gasteiger partial charge in [-0.05, 0) is 17.7 Å². The number of carbonyl (C=O) groups is 2. The Balaban J connectivity index is 2.11. The molecule has 6 nitrogen and oxygen atoms in total. The molecular weight excluding hydrogens is 304 g/mol. The normalized spacial score (nSPS) is 13.5. The lowest BCUT2D eigenvalue weighted by molar-refractivity contribution is -0.120. The molecule has 22 heavy (non-hydrogen) atoms. The van der Waals surface area contributed by atoms with Gasteiger partial charge in [-0.25, -0.2) is 4.79 Å². The summed E-state index contributed by atoms with van der Waals surface area (Å²) in [5.41, 5.74) is 8.34. The van der Waals surface area contributed by atoms with Crippen molar-refractivity contribution in [2.75, 3.05) is 31.4 Å². The summed E-state index contributed by atoms with van der Waals surface area (Å²) in [6.07, 6.45) is 0. The number of fused-ring (bicyclic) bond motifs is 1. The van der Waals surface area contributed by atoms with E-state index in [9.17, 15) is 9.59 Å². The molecule has 114 valence electrons. The Morgan fingerprint density at radius 2 is 2.23 bits per heavy atom.